The van der Waals surface area contributed by atoms with Crippen molar-refractivity contribution < 1.29 is 9.59 Å². The molecule has 0 aliphatic rings. The van der Waals surface area contributed by atoms with Gasteiger partial charge in [0, 0.05) is 23.8 Å². The van der Waals surface area contributed by atoms with Gasteiger partial charge < -0.3 is 16.0 Å². The summed E-state index contributed by atoms with van der Waals surface area (Å²) in [5.74, 6) is -0.102. The molecule has 110 valence electrons. The molecule has 5 heteroatoms. The van der Waals surface area contributed by atoms with E-state index in [0.717, 1.165) is 17.8 Å². The van der Waals surface area contributed by atoms with Crippen molar-refractivity contribution in [1.82, 2.24) is 5.32 Å². The van der Waals surface area contributed by atoms with Crippen LogP contribution in [0.3, 0.4) is 0 Å². The average molecular weight is 277 g/mol. The SMILES string of the molecule is CCC(=O)Nc1ccc(NC(=O)CNC(C)CC)cc1. The van der Waals surface area contributed by atoms with Gasteiger partial charge in [0.05, 0.1) is 6.54 Å². The van der Waals surface area contributed by atoms with Crippen molar-refractivity contribution in [1.29, 1.82) is 0 Å². The summed E-state index contributed by atoms with van der Waals surface area (Å²) >= 11 is 0. The molecule has 0 fully saturated rings. The van der Waals surface area contributed by atoms with Gasteiger partial charge in [-0.15, -0.1) is 0 Å². The van der Waals surface area contributed by atoms with Crippen molar-refractivity contribution in [3.8, 4) is 0 Å². The van der Waals surface area contributed by atoms with Crippen LogP contribution in [0.5, 0.6) is 0 Å². The predicted molar refractivity (Wildman–Crippen MR) is 81.7 cm³/mol. The highest BCUT2D eigenvalue weighted by atomic mass is 16.2. The largest absolute Gasteiger partial charge is 0.326 e. The zero-order chi connectivity index (χ0) is 15.0. The van der Waals surface area contributed by atoms with Gasteiger partial charge in [0.25, 0.3) is 0 Å². The first-order valence-corrected chi connectivity index (χ1v) is 6.98. The molecule has 1 rings (SSSR count). The van der Waals surface area contributed by atoms with Crippen molar-refractivity contribution >= 4 is 23.2 Å². The molecule has 0 radical (unpaired) electrons. The fraction of sp³-hybridized carbons (Fsp3) is 0.467. The molecule has 3 N–H and O–H groups in total. The maximum Gasteiger partial charge on any atom is 0.238 e. The second-order valence-corrected chi connectivity index (χ2v) is 4.72. The maximum atomic E-state index is 11.7. The Morgan fingerprint density at radius 3 is 1.95 bits per heavy atom. The molecule has 20 heavy (non-hydrogen) atoms. The Hall–Kier alpha value is -1.88. The molecule has 0 heterocycles. The van der Waals surface area contributed by atoms with Crippen molar-refractivity contribution in [3.63, 3.8) is 0 Å². The van der Waals surface area contributed by atoms with E-state index >= 15 is 0 Å². The topological polar surface area (TPSA) is 70.2 Å². The summed E-state index contributed by atoms with van der Waals surface area (Å²) in [4.78, 5) is 22.9. The van der Waals surface area contributed by atoms with Gasteiger partial charge >= 0.3 is 0 Å². The number of benzene rings is 1. The molecule has 1 unspecified atom stereocenters. The highest BCUT2D eigenvalue weighted by Crippen LogP contribution is 2.13. The Kier molecular flexibility index (Phi) is 6.73. The van der Waals surface area contributed by atoms with Crippen LogP contribution < -0.4 is 16.0 Å². The van der Waals surface area contributed by atoms with E-state index in [1.54, 1.807) is 31.2 Å². The third kappa shape index (κ3) is 5.84. The van der Waals surface area contributed by atoms with E-state index in [4.69, 9.17) is 0 Å². The van der Waals surface area contributed by atoms with Gasteiger partial charge in [0.2, 0.25) is 11.8 Å². The monoisotopic (exact) mass is 277 g/mol. The molecule has 0 spiro atoms. The molecule has 2 amide bonds. The smallest absolute Gasteiger partial charge is 0.238 e. The molecule has 0 bridgehead atoms. The van der Waals surface area contributed by atoms with E-state index in [1.165, 1.54) is 0 Å². The molecule has 1 aromatic carbocycles. The summed E-state index contributed by atoms with van der Waals surface area (Å²) in [5.41, 5.74) is 1.45. The first kappa shape index (κ1) is 16.2. The maximum absolute atomic E-state index is 11.7. The average Bonchev–Trinajstić information content (AvgIpc) is 2.46. The van der Waals surface area contributed by atoms with Crippen LogP contribution >= 0.6 is 0 Å². The lowest BCUT2D eigenvalue weighted by molar-refractivity contribution is -0.116. The molecule has 0 saturated heterocycles. The third-order valence-electron chi connectivity index (χ3n) is 3.00. The lowest BCUT2D eigenvalue weighted by Gasteiger charge is -2.11. The minimum absolute atomic E-state index is 0.0282. The number of amides is 2. The second kappa shape index (κ2) is 8.32. The van der Waals surface area contributed by atoms with Gasteiger partial charge in [-0.2, -0.15) is 0 Å². The standard InChI is InChI=1S/C15H23N3O2/c1-4-11(3)16-10-15(20)18-13-8-6-12(7-9-13)17-14(19)5-2/h6-9,11,16H,4-5,10H2,1-3H3,(H,17,19)(H,18,20). The Balaban J connectivity index is 2.44. The van der Waals surface area contributed by atoms with Crippen LogP contribution in [0.1, 0.15) is 33.6 Å². The number of hydrogen-bond acceptors (Lipinski definition) is 3. The molecule has 1 atom stereocenters. The van der Waals surface area contributed by atoms with Crippen molar-refractivity contribution in [2.45, 2.75) is 39.7 Å². The van der Waals surface area contributed by atoms with Gasteiger partial charge in [-0.25, -0.2) is 0 Å². The van der Waals surface area contributed by atoms with Crippen LogP contribution in [0.4, 0.5) is 11.4 Å². The normalized spacial score (nSPS) is 11.8. The van der Waals surface area contributed by atoms with Crippen LogP contribution in [0.25, 0.3) is 0 Å². The fourth-order valence-corrected chi connectivity index (χ4v) is 1.50. The van der Waals surface area contributed by atoms with Gasteiger partial charge in [0.15, 0.2) is 0 Å². The van der Waals surface area contributed by atoms with Crippen LogP contribution in [-0.2, 0) is 9.59 Å². The molecule has 0 aliphatic carbocycles. The predicted octanol–water partition coefficient (Wildman–Crippen LogP) is 2.36. The summed E-state index contributed by atoms with van der Waals surface area (Å²) in [5, 5.41) is 8.69. The molecule has 0 saturated carbocycles. The number of anilines is 2. The summed E-state index contributed by atoms with van der Waals surface area (Å²) < 4.78 is 0. The number of carbonyl (C=O) groups excluding carboxylic acids is 2. The first-order chi connectivity index (χ1) is 9.55. The third-order valence-corrected chi connectivity index (χ3v) is 3.00. The zero-order valence-corrected chi connectivity index (χ0v) is 12.3. The van der Waals surface area contributed by atoms with Crippen molar-refractivity contribution in [2.75, 3.05) is 17.2 Å². The number of rotatable bonds is 7. The summed E-state index contributed by atoms with van der Waals surface area (Å²) in [6.07, 6.45) is 1.43. The fourth-order valence-electron chi connectivity index (χ4n) is 1.50. The Labute approximate surface area is 120 Å². The Bertz CT molecular complexity index is 443. The van der Waals surface area contributed by atoms with E-state index in [2.05, 4.69) is 22.9 Å². The Morgan fingerprint density at radius 2 is 1.50 bits per heavy atom. The summed E-state index contributed by atoms with van der Waals surface area (Å²) in [7, 11) is 0. The molecular weight excluding hydrogens is 254 g/mol. The number of carbonyl (C=O) groups is 2. The molecule has 1 aromatic rings. The van der Waals surface area contributed by atoms with Gasteiger partial charge in [-0.3, -0.25) is 9.59 Å². The first-order valence-electron chi connectivity index (χ1n) is 6.98. The molecule has 5 nitrogen and oxygen atoms in total. The Morgan fingerprint density at radius 1 is 1.00 bits per heavy atom. The summed E-state index contributed by atoms with van der Waals surface area (Å²) in [6.45, 7) is 6.20. The molecular formula is C15H23N3O2. The van der Waals surface area contributed by atoms with Gasteiger partial charge in [0.1, 0.15) is 0 Å². The number of hydrogen-bond donors (Lipinski definition) is 3. The lowest BCUT2D eigenvalue weighted by Crippen LogP contribution is -2.33. The van der Waals surface area contributed by atoms with Crippen LogP contribution in [0, 0.1) is 0 Å². The minimum atomic E-state index is -0.0735. The zero-order valence-electron chi connectivity index (χ0n) is 12.3. The van der Waals surface area contributed by atoms with E-state index in [-0.39, 0.29) is 11.8 Å². The van der Waals surface area contributed by atoms with E-state index < -0.39 is 0 Å². The minimum Gasteiger partial charge on any atom is -0.326 e. The van der Waals surface area contributed by atoms with E-state index in [0.29, 0.717) is 19.0 Å². The molecule has 0 aliphatic heterocycles. The van der Waals surface area contributed by atoms with Gasteiger partial charge in [-0.05, 0) is 37.6 Å². The molecule has 0 aromatic heterocycles. The summed E-state index contributed by atoms with van der Waals surface area (Å²) in [6, 6.07) is 7.41. The van der Waals surface area contributed by atoms with Crippen LogP contribution in [-0.4, -0.2) is 24.4 Å². The van der Waals surface area contributed by atoms with Crippen molar-refractivity contribution in [3.05, 3.63) is 24.3 Å². The van der Waals surface area contributed by atoms with E-state index in [1.807, 2.05) is 6.92 Å². The van der Waals surface area contributed by atoms with E-state index in [9.17, 15) is 9.59 Å². The number of nitrogens with one attached hydrogen (secondary N) is 3. The van der Waals surface area contributed by atoms with Crippen molar-refractivity contribution in [2.24, 2.45) is 0 Å². The second-order valence-electron chi connectivity index (χ2n) is 4.72. The highest BCUT2D eigenvalue weighted by molar-refractivity contribution is 5.93. The van der Waals surface area contributed by atoms with Gasteiger partial charge in [-0.1, -0.05) is 13.8 Å². The van der Waals surface area contributed by atoms with Crippen LogP contribution in [0.15, 0.2) is 24.3 Å². The van der Waals surface area contributed by atoms with Crippen LogP contribution in [0.2, 0.25) is 0 Å². The highest BCUT2D eigenvalue weighted by Gasteiger charge is 2.05. The quantitative estimate of drug-likeness (QED) is 0.716. The lowest BCUT2D eigenvalue weighted by atomic mass is 10.2.